The van der Waals surface area contributed by atoms with E-state index in [2.05, 4.69) is 12.2 Å². The first kappa shape index (κ1) is 18.8. The molecule has 0 aliphatic carbocycles. The van der Waals surface area contributed by atoms with Crippen LogP contribution in [0.2, 0.25) is 0 Å². The lowest BCUT2D eigenvalue weighted by molar-refractivity contribution is 0.102. The third kappa shape index (κ3) is 5.24. The summed E-state index contributed by atoms with van der Waals surface area (Å²) in [6, 6.07) is 8.15. The zero-order chi connectivity index (χ0) is 18.2. The molecule has 0 saturated carbocycles. The van der Waals surface area contributed by atoms with Crippen LogP contribution in [0.3, 0.4) is 0 Å². The minimum atomic E-state index is -1.67. The summed E-state index contributed by atoms with van der Waals surface area (Å²) in [5.41, 5.74) is -0.164. The van der Waals surface area contributed by atoms with Gasteiger partial charge < -0.3 is 10.1 Å². The molecule has 1 N–H and O–H groups in total. The van der Waals surface area contributed by atoms with Gasteiger partial charge in [-0.25, -0.2) is 13.2 Å². The van der Waals surface area contributed by atoms with Gasteiger partial charge in [0.2, 0.25) is 0 Å². The molecule has 3 nitrogen and oxygen atoms in total. The molecule has 25 heavy (non-hydrogen) atoms. The number of carbonyl (C=O) groups excluding carboxylic acids is 1. The molecule has 2 aromatic rings. The monoisotopic (exact) mass is 351 g/mol. The van der Waals surface area contributed by atoms with Gasteiger partial charge >= 0.3 is 0 Å². The van der Waals surface area contributed by atoms with E-state index in [-0.39, 0.29) is 0 Å². The van der Waals surface area contributed by atoms with Crippen LogP contribution < -0.4 is 10.1 Å². The molecule has 0 spiro atoms. The van der Waals surface area contributed by atoms with E-state index in [9.17, 15) is 18.0 Å². The van der Waals surface area contributed by atoms with Crippen LogP contribution in [-0.4, -0.2) is 12.5 Å². The van der Waals surface area contributed by atoms with Crippen LogP contribution >= 0.6 is 0 Å². The Kier molecular flexibility index (Phi) is 6.86. The number of rotatable bonds is 8. The lowest BCUT2D eigenvalue weighted by Gasteiger charge is -2.09. The number of amides is 1. The van der Waals surface area contributed by atoms with Crippen molar-refractivity contribution < 1.29 is 22.7 Å². The molecule has 6 heteroatoms. The zero-order valence-electron chi connectivity index (χ0n) is 14.0. The van der Waals surface area contributed by atoms with E-state index in [0.29, 0.717) is 24.1 Å². The maximum Gasteiger partial charge on any atom is 0.258 e. The van der Waals surface area contributed by atoms with Gasteiger partial charge in [0.05, 0.1) is 12.2 Å². The fraction of sp³-hybridized carbons (Fsp3) is 0.316. The molecule has 1 amide bonds. The Morgan fingerprint density at radius 2 is 1.68 bits per heavy atom. The standard InChI is InChI=1S/C19H20F3NO2/c1-2-3-4-5-12-25-14-8-6-13(7-9-14)23-19(24)15-10-11-16(20)18(22)17(15)21/h6-11H,2-5,12H2,1H3,(H,23,24). The Morgan fingerprint density at radius 3 is 2.36 bits per heavy atom. The second kappa shape index (κ2) is 9.11. The molecule has 0 heterocycles. The number of ether oxygens (including phenoxy) is 1. The molecular weight excluding hydrogens is 331 g/mol. The molecule has 0 aliphatic rings. The predicted octanol–water partition coefficient (Wildman–Crippen LogP) is 5.32. The molecule has 134 valence electrons. The van der Waals surface area contributed by atoms with Gasteiger partial charge in [-0.2, -0.15) is 0 Å². The molecule has 0 aliphatic heterocycles. The van der Waals surface area contributed by atoms with E-state index >= 15 is 0 Å². The lowest BCUT2D eigenvalue weighted by atomic mass is 10.1. The van der Waals surface area contributed by atoms with E-state index in [4.69, 9.17) is 4.74 Å². The minimum absolute atomic E-state index is 0.396. The van der Waals surface area contributed by atoms with Crippen molar-refractivity contribution in [3.05, 3.63) is 59.4 Å². The van der Waals surface area contributed by atoms with Crippen molar-refractivity contribution in [3.63, 3.8) is 0 Å². The second-order valence-electron chi connectivity index (χ2n) is 5.61. The third-order valence-electron chi connectivity index (χ3n) is 3.66. The first-order valence-electron chi connectivity index (χ1n) is 8.20. The van der Waals surface area contributed by atoms with E-state index < -0.39 is 28.9 Å². The summed E-state index contributed by atoms with van der Waals surface area (Å²) in [5.74, 6) is -4.71. The number of nitrogens with one attached hydrogen (secondary N) is 1. The average Bonchev–Trinajstić information content (AvgIpc) is 2.61. The van der Waals surface area contributed by atoms with Crippen LogP contribution in [0.4, 0.5) is 18.9 Å². The van der Waals surface area contributed by atoms with Crippen LogP contribution in [-0.2, 0) is 0 Å². The van der Waals surface area contributed by atoms with Crippen LogP contribution in [0, 0.1) is 17.5 Å². The molecule has 0 aromatic heterocycles. The van der Waals surface area contributed by atoms with Crippen LogP contribution in [0.15, 0.2) is 36.4 Å². The first-order chi connectivity index (χ1) is 12.0. The summed E-state index contributed by atoms with van der Waals surface area (Å²) in [6.07, 6.45) is 4.42. The number of halogens is 3. The number of benzene rings is 2. The van der Waals surface area contributed by atoms with E-state index in [1.54, 1.807) is 24.3 Å². The quantitative estimate of drug-likeness (QED) is 0.517. The summed E-state index contributed by atoms with van der Waals surface area (Å²) < 4.78 is 45.3. The normalized spacial score (nSPS) is 10.6. The molecule has 0 bridgehead atoms. The Labute approximate surface area is 144 Å². The smallest absolute Gasteiger partial charge is 0.258 e. The summed E-state index contributed by atoms with van der Waals surface area (Å²) in [4.78, 5) is 12.0. The molecule has 0 atom stereocenters. The van der Waals surface area contributed by atoms with Crippen molar-refractivity contribution in [1.29, 1.82) is 0 Å². The summed E-state index contributed by atoms with van der Waals surface area (Å²) in [5, 5.41) is 2.43. The van der Waals surface area contributed by atoms with E-state index in [0.717, 1.165) is 25.3 Å². The maximum absolute atomic E-state index is 13.6. The number of carbonyl (C=O) groups is 1. The Hall–Kier alpha value is -2.50. The molecule has 0 fully saturated rings. The highest BCUT2D eigenvalue weighted by atomic mass is 19.2. The molecule has 2 aromatic carbocycles. The maximum atomic E-state index is 13.6. The molecule has 2 rings (SSSR count). The zero-order valence-corrected chi connectivity index (χ0v) is 14.0. The van der Waals surface area contributed by atoms with Gasteiger partial charge in [-0.3, -0.25) is 4.79 Å². The van der Waals surface area contributed by atoms with Crippen molar-refractivity contribution in [2.45, 2.75) is 32.6 Å². The van der Waals surface area contributed by atoms with Crippen molar-refractivity contribution >= 4 is 11.6 Å². The summed E-state index contributed by atoms with van der Waals surface area (Å²) >= 11 is 0. The number of unbranched alkanes of at least 4 members (excludes halogenated alkanes) is 3. The van der Waals surface area contributed by atoms with Gasteiger partial charge in [0.15, 0.2) is 17.5 Å². The van der Waals surface area contributed by atoms with Gasteiger partial charge in [-0.15, -0.1) is 0 Å². The van der Waals surface area contributed by atoms with Gasteiger partial charge in [0.1, 0.15) is 5.75 Å². The highest BCUT2D eigenvalue weighted by Crippen LogP contribution is 2.19. The lowest BCUT2D eigenvalue weighted by Crippen LogP contribution is -2.15. The van der Waals surface area contributed by atoms with Gasteiger partial charge in [-0.1, -0.05) is 26.2 Å². The fourth-order valence-corrected chi connectivity index (χ4v) is 2.25. The Balaban J connectivity index is 1.92. The Bertz CT molecular complexity index is 717. The molecule has 0 saturated heterocycles. The van der Waals surface area contributed by atoms with Crippen molar-refractivity contribution in [2.75, 3.05) is 11.9 Å². The first-order valence-corrected chi connectivity index (χ1v) is 8.20. The van der Waals surface area contributed by atoms with Crippen LogP contribution in [0.25, 0.3) is 0 Å². The Morgan fingerprint density at radius 1 is 0.960 bits per heavy atom. The average molecular weight is 351 g/mol. The van der Waals surface area contributed by atoms with Gasteiger partial charge in [-0.05, 0) is 42.8 Å². The van der Waals surface area contributed by atoms with Crippen molar-refractivity contribution in [1.82, 2.24) is 0 Å². The summed E-state index contributed by atoms with van der Waals surface area (Å²) in [6.45, 7) is 2.76. The van der Waals surface area contributed by atoms with Gasteiger partial charge in [0, 0.05) is 5.69 Å². The number of hydrogen-bond acceptors (Lipinski definition) is 2. The number of anilines is 1. The largest absolute Gasteiger partial charge is 0.494 e. The predicted molar refractivity (Wildman–Crippen MR) is 90.3 cm³/mol. The SMILES string of the molecule is CCCCCCOc1ccc(NC(=O)c2ccc(F)c(F)c2F)cc1. The topological polar surface area (TPSA) is 38.3 Å². The second-order valence-corrected chi connectivity index (χ2v) is 5.61. The van der Waals surface area contributed by atoms with Crippen molar-refractivity contribution in [3.8, 4) is 5.75 Å². The van der Waals surface area contributed by atoms with Crippen LogP contribution in [0.5, 0.6) is 5.75 Å². The van der Waals surface area contributed by atoms with Gasteiger partial charge in [0.25, 0.3) is 5.91 Å². The molecular formula is C19H20F3NO2. The fourth-order valence-electron chi connectivity index (χ4n) is 2.25. The van der Waals surface area contributed by atoms with E-state index in [1.807, 2.05) is 0 Å². The molecule has 0 radical (unpaired) electrons. The van der Waals surface area contributed by atoms with E-state index in [1.165, 1.54) is 6.42 Å². The highest BCUT2D eigenvalue weighted by molar-refractivity contribution is 6.04. The summed E-state index contributed by atoms with van der Waals surface area (Å²) in [7, 11) is 0. The highest BCUT2D eigenvalue weighted by Gasteiger charge is 2.18. The van der Waals surface area contributed by atoms with Crippen LogP contribution in [0.1, 0.15) is 43.0 Å². The number of hydrogen-bond donors (Lipinski definition) is 1. The van der Waals surface area contributed by atoms with Crippen molar-refractivity contribution in [2.24, 2.45) is 0 Å². The third-order valence-corrected chi connectivity index (χ3v) is 3.66. The minimum Gasteiger partial charge on any atom is -0.494 e. The molecule has 0 unspecified atom stereocenters.